The quantitative estimate of drug-likeness (QED) is 0.614. The van der Waals surface area contributed by atoms with Crippen molar-refractivity contribution in [3.63, 3.8) is 0 Å². The lowest BCUT2D eigenvalue weighted by molar-refractivity contribution is 0.0994. The van der Waals surface area contributed by atoms with Gasteiger partial charge in [0, 0.05) is 35.6 Å². The lowest BCUT2D eigenvalue weighted by Crippen LogP contribution is -2.27. The van der Waals surface area contributed by atoms with Crippen molar-refractivity contribution in [2.24, 2.45) is 0 Å². The highest BCUT2D eigenvalue weighted by Crippen LogP contribution is 2.38. The number of hydrogen-bond acceptors (Lipinski definition) is 4. The summed E-state index contributed by atoms with van der Waals surface area (Å²) in [6.45, 7) is 3.54. The minimum absolute atomic E-state index is 0.0255. The van der Waals surface area contributed by atoms with Gasteiger partial charge in [0.2, 0.25) is 0 Å². The van der Waals surface area contributed by atoms with Gasteiger partial charge >= 0.3 is 6.09 Å². The SMILES string of the molecule is CC(C)NC(=O)O.O=C1CCc2cc(-c3ccc(=O)n4[nH]c(C5CC5)nc34)ccc21. The molecule has 30 heavy (non-hydrogen) atoms. The number of carbonyl (C=O) groups excluding carboxylic acids is 1. The summed E-state index contributed by atoms with van der Waals surface area (Å²) < 4.78 is 1.53. The number of rotatable bonds is 3. The summed E-state index contributed by atoms with van der Waals surface area (Å²) in [6, 6.07) is 9.33. The van der Waals surface area contributed by atoms with Crippen LogP contribution in [0.15, 0.2) is 35.1 Å². The number of ketones is 1. The first-order valence-corrected chi connectivity index (χ1v) is 10.1. The van der Waals surface area contributed by atoms with Crippen molar-refractivity contribution in [2.75, 3.05) is 0 Å². The van der Waals surface area contributed by atoms with Crippen LogP contribution in [0.2, 0.25) is 0 Å². The summed E-state index contributed by atoms with van der Waals surface area (Å²) >= 11 is 0. The fourth-order valence-electron chi connectivity index (χ4n) is 3.64. The number of fused-ring (bicyclic) bond motifs is 2. The van der Waals surface area contributed by atoms with Gasteiger partial charge in [0.1, 0.15) is 5.82 Å². The third-order valence-electron chi connectivity index (χ3n) is 5.23. The summed E-state index contributed by atoms with van der Waals surface area (Å²) in [5.41, 5.74) is 4.43. The van der Waals surface area contributed by atoms with Crippen LogP contribution in [-0.2, 0) is 6.42 Å². The first kappa shape index (κ1) is 19.9. The molecule has 2 aromatic heterocycles. The molecule has 0 bridgehead atoms. The van der Waals surface area contributed by atoms with Gasteiger partial charge in [0.25, 0.3) is 5.56 Å². The maximum Gasteiger partial charge on any atom is 0.404 e. The zero-order chi connectivity index (χ0) is 21.4. The number of Topliss-reactive ketones (excluding diaryl/α,β-unsaturated/α-hetero) is 1. The molecule has 0 unspecified atom stereocenters. The number of pyridine rings is 1. The molecule has 1 fully saturated rings. The van der Waals surface area contributed by atoms with Crippen LogP contribution in [0, 0.1) is 0 Å². The molecular formula is C22H24N4O4. The third kappa shape index (κ3) is 3.98. The van der Waals surface area contributed by atoms with Crippen molar-refractivity contribution >= 4 is 17.5 Å². The van der Waals surface area contributed by atoms with E-state index in [1.165, 1.54) is 4.52 Å². The number of aromatic nitrogens is 3. The molecule has 0 saturated heterocycles. The number of nitrogens with one attached hydrogen (secondary N) is 2. The molecular weight excluding hydrogens is 384 g/mol. The number of carbonyl (C=O) groups is 2. The molecule has 0 spiro atoms. The second-order valence-corrected chi connectivity index (χ2v) is 8.03. The maximum absolute atomic E-state index is 12.1. The van der Waals surface area contributed by atoms with Crippen molar-refractivity contribution in [1.82, 2.24) is 19.9 Å². The second kappa shape index (κ2) is 7.78. The predicted molar refractivity (Wildman–Crippen MR) is 112 cm³/mol. The van der Waals surface area contributed by atoms with Gasteiger partial charge < -0.3 is 10.4 Å². The lowest BCUT2D eigenvalue weighted by Gasteiger charge is -2.05. The Morgan fingerprint density at radius 2 is 1.90 bits per heavy atom. The van der Waals surface area contributed by atoms with E-state index in [0.717, 1.165) is 47.3 Å². The fourth-order valence-corrected chi connectivity index (χ4v) is 3.64. The van der Waals surface area contributed by atoms with E-state index in [1.54, 1.807) is 19.9 Å². The minimum atomic E-state index is -0.963. The van der Waals surface area contributed by atoms with Gasteiger partial charge in [-0.05, 0) is 50.3 Å². The number of H-pyrrole nitrogens is 1. The first-order valence-electron chi connectivity index (χ1n) is 10.1. The predicted octanol–water partition coefficient (Wildman–Crippen LogP) is 3.36. The van der Waals surface area contributed by atoms with Gasteiger partial charge in [-0.25, -0.2) is 9.78 Å². The molecule has 0 atom stereocenters. The summed E-state index contributed by atoms with van der Waals surface area (Å²) in [4.78, 5) is 38.2. The average Bonchev–Trinajstić information content (AvgIpc) is 3.33. The highest BCUT2D eigenvalue weighted by molar-refractivity contribution is 6.01. The van der Waals surface area contributed by atoms with Crippen LogP contribution in [0.5, 0.6) is 0 Å². The molecule has 8 heteroatoms. The summed E-state index contributed by atoms with van der Waals surface area (Å²) in [5, 5.41) is 13.3. The highest BCUT2D eigenvalue weighted by Gasteiger charge is 2.28. The maximum atomic E-state index is 12.1. The van der Waals surface area contributed by atoms with Crippen molar-refractivity contribution in [3.8, 4) is 11.1 Å². The van der Waals surface area contributed by atoms with Crippen molar-refractivity contribution in [1.29, 1.82) is 0 Å². The van der Waals surface area contributed by atoms with E-state index < -0.39 is 6.09 Å². The van der Waals surface area contributed by atoms with Gasteiger partial charge in [0.05, 0.1) is 0 Å². The second-order valence-electron chi connectivity index (χ2n) is 8.03. The Kier molecular flexibility index (Phi) is 5.15. The van der Waals surface area contributed by atoms with Gasteiger partial charge in [-0.1, -0.05) is 18.2 Å². The van der Waals surface area contributed by atoms with Crippen LogP contribution >= 0.6 is 0 Å². The molecule has 2 aliphatic carbocycles. The van der Waals surface area contributed by atoms with E-state index in [0.29, 0.717) is 18.0 Å². The number of aryl methyl sites for hydroxylation is 1. The average molecular weight is 408 g/mol. The van der Waals surface area contributed by atoms with Gasteiger partial charge in [-0.15, -0.1) is 0 Å². The van der Waals surface area contributed by atoms with Crippen LogP contribution < -0.4 is 10.9 Å². The van der Waals surface area contributed by atoms with E-state index in [-0.39, 0.29) is 17.4 Å². The summed E-state index contributed by atoms with van der Waals surface area (Å²) in [6.07, 6.45) is 2.69. The van der Waals surface area contributed by atoms with E-state index >= 15 is 0 Å². The molecule has 1 aromatic carbocycles. The Balaban J connectivity index is 0.000000272. The van der Waals surface area contributed by atoms with Crippen molar-refractivity contribution in [2.45, 2.75) is 51.5 Å². The normalized spacial score (nSPS) is 15.1. The Hall–Kier alpha value is -3.42. The van der Waals surface area contributed by atoms with E-state index in [4.69, 9.17) is 5.11 Å². The molecule has 2 heterocycles. The zero-order valence-electron chi connectivity index (χ0n) is 16.9. The van der Waals surface area contributed by atoms with Gasteiger partial charge in [-0.2, -0.15) is 4.52 Å². The number of aromatic amines is 1. The monoisotopic (exact) mass is 408 g/mol. The molecule has 0 aliphatic heterocycles. The first-order chi connectivity index (χ1) is 14.3. The summed E-state index contributed by atoms with van der Waals surface area (Å²) in [7, 11) is 0. The number of benzene rings is 1. The molecule has 156 valence electrons. The van der Waals surface area contributed by atoms with Crippen LogP contribution in [0.25, 0.3) is 16.8 Å². The Morgan fingerprint density at radius 1 is 1.17 bits per heavy atom. The molecule has 1 saturated carbocycles. The number of amides is 1. The molecule has 0 radical (unpaired) electrons. The Labute approximate surface area is 172 Å². The molecule has 1 amide bonds. The van der Waals surface area contributed by atoms with Crippen LogP contribution in [0.1, 0.15) is 60.8 Å². The Bertz CT molecular complexity index is 1190. The highest BCUT2D eigenvalue weighted by atomic mass is 16.4. The van der Waals surface area contributed by atoms with Crippen LogP contribution in [0.3, 0.4) is 0 Å². The lowest BCUT2D eigenvalue weighted by atomic mass is 10.0. The standard InChI is InChI=1S/C18H15N3O2.C4H9NO2/c22-15-7-4-11-9-12(3-5-13(11)15)14-6-8-16(23)21-18(14)19-17(20-21)10-1-2-10;1-3(2)5-4(6)7/h3,5-6,8-10H,1-2,4,7H2,(H,19,20);3,5H,1-2H3,(H,6,7). The summed E-state index contributed by atoms with van der Waals surface area (Å²) in [5.74, 6) is 1.57. The smallest absolute Gasteiger partial charge is 0.404 e. The van der Waals surface area contributed by atoms with Gasteiger partial charge in [-0.3, -0.25) is 14.7 Å². The van der Waals surface area contributed by atoms with Gasteiger partial charge in [0.15, 0.2) is 11.4 Å². The zero-order valence-corrected chi connectivity index (χ0v) is 16.9. The molecule has 5 rings (SSSR count). The molecule has 3 aromatic rings. The Morgan fingerprint density at radius 3 is 2.53 bits per heavy atom. The topological polar surface area (TPSA) is 117 Å². The van der Waals surface area contributed by atoms with E-state index in [1.807, 2.05) is 18.2 Å². The van der Waals surface area contributed by atoms with Crippen molar-refractivity contribution < 1.29 is 14.7 Å². The number of carboxylic acid groups (broad SMARTS) is 1. The number of hydrogen-bond donors (Lipinski definition) is 3. The van der Waals surface area contributed by atoms with E-state index in [2.05, 4.69) is 21.5 Å². The fraction of sp³-hybridized carbons (Fsp3) is 0.364. The molecule has 3 N–H and O–H groups in total. The largest absolute Gasteiger partial charge is 0.465 e. The molecule has 8 nitrogen and oxygen atoms in total. The minimum Gasteiger partial charge on any atom is -0.465 e. The molecule has 2 aliphatic rings. The van der Waals surface area contributed by atoms with Crippen LogP contribution in [-0.4, -0.2) is 37.6 Å². The van der Waals surface area contributed by atoms with Crippen molar-refractivity contribution in [3.05, 3.63) is 57.6 Å². The van der Waals surface area contributed by atoms with E-state index in [9.17, 15) is 14.4 Å². The third-order valence-corrected chi connectivity index (χ3v) is 5.23. The number of nitrogens with zero attached hydrogens (tertiary/aromatic N) is 2. The van der Waals surface area contributed by atoms with Crippen LogP contribution in [0.4, 0.5) is 4.79 Å².